The average molecular weight is 334 g/mol. The van der Waals surface area contributed by atoms with Crippen LogP contribution in [0.15, 0.2) is 3.50 Å². The molecule has 0 spiro atoms. The average Bonchev–Trinajstić information content (AvgIpc) is 2.03. The Balaban J connectivity index is 3.27. The molecule has 0 aliphatic rings. The van der Waals surface area contributed by atoms with Crippen molar-refractivity contribution in [1.82, 2.24) is 15.4 Å². The molecule has 0 bridgehead atoms. The van der Waals surface area contributed by atoms with Gasteiger partial charge in [-0.2, -0.15) is 0 Å². The summed E-state index contributed by atoms with van der Waals surface area (Å²) in [5.74, 6) is 0.359. The Bertz CT molecular complexity index is 297. The Kier molecular flexibility index (Phi) is 3.15. The SMILES string of the molecule is Cc1nnnc(C(C)C)c1[N]=[W]. The van der Waals surface area contributed by atoms with Crippen molar-refractivity contribution in [2.75, 3.05) is 0 Å². The summed E-state index contributed by atoms with van der Waals surface area (Å²) in [5, 5.41) is 11.5. The quantitative estimate of drug-likeness (QED) is 0.827. The Morgan fingerprint density at radius 3 is 2.42 bits per heavy atom. The number of aryl methyl sites for hydroxylation is 1. The van der Waals surface area contributed by atoms with Gasteiger partial charge in [0.15, 0.2) is 0 Å². The van der Waals surface area contributed by atoms with Crippen LogP contribution in [-0.2, 0) is 19.6 Å². The van der Waals surface area contributed by atoms with Gasteiger partial charge in [-0.1, -0.05) is 0 Å². The molecule has 0 saturated heterocycles. The van der Waals surface area contributed by atoms with Crippen LogP contribution in [0, 0.1) is 6.92 Å². The van der Waals surface area contributed by atoms with Crippen molar-refractivity contribution in [2.24, 2.45) is 3.50 Å². The number of nitrogens with zero attached hydrogens (tertiary/aromatic N) is 4. The summed E-state index contributed by atoms with van der Waals surface area (Å²) >= 11 is 1.17. The van der Waals surface area contributed by atoms with E-state index in [1.807, 2.05) is 6.92 Å². The predicted octanol–water partition coefficient (Wildman–Crippen LogP) is 1.67. The second-order valence-electron chi connectivity index (χ2n) is 2.85. The second-order valence-corrected chi connectivity index (χ2v) is 3.51. The van der Waals surface area contributed by atoms with Crippen LogP contribution in [0.2, 0.25) is 0 Å². The molecule has 1 aromatic rings. The van der Waals surface area contributed by atoms with Crippen LogP contribution in [-0.4, -0.2) is 15.4 Å². The molecule has 0 radical (unpaired) electrons. The van der Waals surface area contributed by atoms with E-state index >= 15 is 0 Å². The minimum absolute atomic E-state index is 0.359. The molecule has 1 rings (SSSR count). The van der Waals surface area contributed by atoms with Gasteiger partial charge in [0.25, 0.3) is 0 Å². The van der Waals surface area contributed by atoms with Gasteiger partial charge in [0, 0.05) is 0 Å². The molecule has 0 aliphatic carbocycles. The molecule has 5 heteroatoms. The van der Waals surface area contributed by atoms with E-state index in [-0.39, 0.29) is 0 Å². The fraction of sp³-hybridized carbons (Fsp3) is 0.571. The molecule has 0 unspecified atom stereocenters. The van der Waals surface area contributed by atoms with Crippen LogP contribution >= 0.6 is 0 Å². The van der Waals surface area contributed by atoms with Crippen LogP contribution in [0.25, 0.3) is 0 Å². The first-order valence-electron chi connectivity index (χ1n) is 3.70. The van der Waals surface area contributed by atoms with E-state index in [0.29, 0.717) is 5.92 Å². The molecule has 1 heterocycles. The summed E-state index contributed by atoms with van der Waals surface area (Å²) < 4.78 is 4.21. The van der Waals surface area contributed by atoms with E-state index in [2.05, 4.69) is 32.8 Å². The van der Waals surface area contributed by atoms with Gasteiger partial charge < -0.3 is 0 Å². The van der Waals surface area contributed by atoms with Gasteiger partial charge in [-0.05, 0) is 0 Å². The van der Waals surface area contributed by atoms with E-state index in [1.165, 1.54) is 19.6 Å². The van der Waals surface area contributed by atoms with Crippen molar-refractivity contribution in [3.8, 4) is 0 Å². The molecule has 0 N–H and O–H groups in total. The first kappa shape index (κ1) is 9.59. The van der Waals surface area contributed by atoms with Gasteiger partial charge in [0.05, 0.1) is 0 Å². The van der Waals surface area contributed by atoms with Crippen molar-refractivity contribution in [3.63, 3.8) is 0 Å². The zero-order chi connectivity index (χ0) is 9.14. The Hall–Kier alpha value is -0.502. The van der Waals surface area contributed by atoms with Crippen molar-refractivity contribution < 1.29 is 19.6 Å². The second kappa shape index (κ2) is 3.94. The first-order valence-corrected chi connectivity index (χ1v) is 5.01. The Labute approximate surface area is 82.5 Å². The molecule has 0 saturated carbocycles. The maximum atomic E-state index is 4.21. The molecule has 0 fully saturated rings. The van der Waals surface area contributed by atoms with Gasteiger partial charge >= 0.3 is 82.3 Å². The fourth-order valence-corrected chi connectivity index (χ4v) is 1.73. The van der Waals surface area contributed by atoms with Gasteiger partial charge in [-0.25, -0.2) is 0 Å². The number of aromatic nitrogens is 3. The van der Waals surface area contributed by atoms with Crippen LogP contribution < -0.4 is 0 Å². The summed E-state index contributed by atoms with van der Waals surface area (Å²) in [6.07, 6.45) is 0. The molecule has 0 amide bonds. The third kappa shape index (κ3) is 1.80. The van der Waals surface area contributed by atoms with Gasteiger partial charge in [-0.15, -0.1) is 0 Å². The third-order valence-corrected chi connectivity index (χ3v) is 2.23. The summed E-state index contributed by atoms with van der Waals surface area (Å²) in [6, 6.07) is 0. The monoisotopic (exact) mass is 334 g/mol. The van der Waals surface area contributed by atoms with Crippen molar-refractivity contribution in [3.05, 3.63) is 11.4 Å². The number of hydrogen-bond acceptors (Lipinski definition) is 4. The summed E-state index contributed by atoms with van der Waals surface area (Å²) in [7, 11) is 0. The molecule has 0 atom stereocenters. The molecule has 12 heavy (non-hydrogen) atoms. The number of rotatable bonds is 2. The maximum absolute atomic E-state index is 4.21. The zero-order valence-electron chi connectivity index (χ0n) is 7.27. The van der Waals surface area contributed by atoms with E-state index in [9.17, 15) is 0 Å². The van der Waals surface area contributed by atoms with Gasteiger partial charge in [0.2, 0.25) is 0 Å². The van der Waals surface area contributed by atoms with Crippen LogP contribution in [0.1, 0.15) is 31.2 Å². The Morgan fingerprint density at radius 2 is 2.00 bits per heavy atom. The molecular weight excluding hydrogens is 324 g/mol. The van der Waals surface area contributed by atoms with Gasteiger partial charge in [0.1, 0.15) is 0 Å². The third-order valence-electron chi connectivity index (χ3n) is 1.57. The first-order chi connectivity index (χ1) is 5.66. The number of hydrogen-bond donors (Lipinski definition) is 0. The molecule has 64 valence electrons. The zero-order valence-corrected chi connectivity index (χ0v) is 10.2. The van der Waals surface area contributed by atoms with Crippen molar-refractivity contribution in [1.29, 1.82) is 0 Å². The molecule has 0 aromatic carbocycles. The van der Waals surface area contributed by atoms with Gasteiger partial charge in [-0.3, -0.25) is 0 Å². The van der Waals surface area contributed by atoms with Crippen LogP contribution in [0.3, 0.4) is 0 Å². The van der Waals surface area contributed by atoms with Crippen molar-refractivity contribution >= 4 is 5.69 Å². The van der Waals surface area contributed by atoms with Crippen molar-refractivity contribution in [2.45, 2.75) is 26.7 Å². The van der Waals surface area contributed by atoms with E-state index < -0.39 is 0 Å². The standard InChI is InChI=1S/C7H10N4.W/c1-4(2)7-6(8)5(3)9-11-10-7;/h4H,1-3H3;. The minimum atomic E-state index is 0.359. The summed E-state index contributed by atoms with van der Waals surface area (Å²) in [5.41, 5.74) is 2.72. The van der Waals surface area contributed by atoms with Crippen LogP contribution in [0.5, 0.6) is 0 Å². The molecule has 1 aromatic heterocycles. The summed E-state index contributed by atoms with van der Waals surface area (Å²) in [6.45, 7) is 6.06. The normalized spacial score (nSPS) is 10.3. The van der Waals surface area contributed by atoms with E-state index in [0.717, 1.165) is 17.1 Å². The fourth-order valence-electron chi connectivity index (χ4n) is 0.919. The molecule has 4 nitrogen and oxygen atoms in total. The molecular formula is C7H10N4W. The summed E-state index contributed by atoms with van der Waals surface area (Å²) in [4.78, 5) is 0. The topological polar surface area (TPSA) is 51.0 Å². The predicted molar refractivity (Wildman–Crippen MR) is 40.7 cm³/mol. The van der Waals surface area contributed by atoms with E-state index in [4.69, 9.17) is 0 Å². The van der Waals surface area contributed by atoms with Crippen LogP contribution in [0.4, 0.5) is 5.69 Å². The molecule has 0 aliphatic heterocycles. The van der Waals surface area contributed by atoms with E-state index in [1.54, 1.807) is 0 Å². The Morgan fingerprint density at radius 1 is 1.33 bits per heavy atom.